The van der Waals surface area contributed by atoms with Crippen LogP contribution in [0, 0.1) is 22.5 Å². The van der Waals surface area contributed by atoms with Gasteiger partial charge in [0.2, 0.25) is 5.91 Å². The maximum atomic E-state index is 12.1. The van der Waals surface area contributed by atoms with E-state index >= 15 is 0 Å². The van der Waals surface area contributed by atoms with Crippen LogP contribution in [0.15, 0.2) is 0 Å². The number of fused-ring (bicyclic) bond motifs is 2. The summed E-state index contributed by atoms with van der Waals surface area (Å²) in [5.74, 6) is 3.46. The summed E-state index contributed by atoms with van der Waals surface area (Å²) >= 11 is 5.23. The first kappa shape index (κ1) is 15.7. The van der Waals surface area contributed by atoms with Crippen molar-refractivity contribution >= 4 is 18.1 Å². The summed E-state index contributed by atoms with van der Waals surface area (Å²) in [4.78, 5) is 12.1. The van der Waals surface area contributed by atoms with E-state index in [9.17, 15) is 4.79 Å². The number of carbonyl (C=O) groups excluding carboxylic acids is 1. The third-order valence-electron chi connectivity index (χ3n) is 5.30. The Morgan fingerprint density at radius 2 is 2.27 bits per heavy atom. The van der Waals surface area contributed by atoms with E-state index in [4.69, 9.17) is 12.2 Å². The van der Waals surface area contributed by atoms with E-state index in [1.54, 1.807) is 0 Å². The van der Waals surface area contributed by atoms with E-state index in [0.717, 1.165) is 17.7 Å². The van der Waals surface area contributed by atoms with Crippen LogP contribution < -0.4 is 5.32 Å². The maximum absolute atomic E-state index is 12.1. The van der Waals surface area contributed by atoms with Gasteiger partial charge >= 0.3 is 0 Å². The SMILES string of the molecule is CC(C)n1c(CCNC(=O)C[C@@H]2C[C@H]3CC[C@H]2C3)n[nH]c1=S. The molecule has 2 N–H and O–H groups in total. The van der Waals surface area contributed by atoms with Crippen LogP contribution in [-0.4, -0.2) is 27.2 Å². The Labute approximate surface area is 136 Å². The number of hydrogen-bond acceptors (Lipinski definition) is 3. The van der Waals surface area contributed by atoms with Crippen LogP contribution in [0.3, 0.4) is 0 Å². The molecule has 1 aromatic heterocycles. The molecule has 1 amide bonds. The first-order valence-corrected chi connectivity index (χ1v) is 8.88. The van der Waals surface area contributed by atoms with Gasteiger partial charge in [0.15, 0.2) is 4.77 Å². The number of amides is 1. The summed E-state index contributed by atoms with van der Waals surface area (Å²) in [5, 5.41) is 10.2. The molecule has 2 fully saturated rings. The van der Waals surface area contributed by atoms with E-state index in [-0.39, 0.29) is 11.9 Å². The summed E-state index contributed by atoms with van der Waals surface area (Å²) in [6.07, 6.45) is 6.78. The van der Waals surface area contributed by atoms with Crippen molar-refractivity contribution in [2.75, 3.05) is 6.54 Å². The second-order valence-corrected chi connectivity index (χ2v) is 7.53. The molecule has 5 nitrogen and oxygen atoms in total. The summed E-state index contributed by atoms with van der Waals surface area (Å²) in [7, 11) is 0. The van der Waals surface area contributed by atoms with E-state index in [2.05, 4.69) is 29.4 Å². The molecular formula is C16H26N4OS. The Bertz CT molecular complexity index is 591. The molecule has 22 heavy (non-hydrogen) atoms. The predicted octanol–water partition coefficient (Wildman–Crippen LogP) is 3.01. The molecule has 1 aromatic rings. The molecular weight excluding hydrogens is 296 g/mol. The molecule has 122 valence electrons. The summed E-state index contributed by atoms with van der Waals surface area (Å²) in [6.45, 7) is 4.80. The van der Waals surface area contributed by atoms with Gasteiger partial charge in [0.05, 0.1) is 0 Å². The van der Waals surface area contributed by atoms with Crippen molar-refractivity contribution in [3.8, 4) is 0 Å². The Kier molecular flexibility index (Phi) is 4.66. The molecule has 0 aliphatic heterocycles. The van der Waals surface area contributed by atoms with E-state index in [1.165, 1.54) is 25.7 Å². The second kappa shape index (κ2) is 6.52. The summed E-state index contributed by atoms with van der Waals surface area (Å²) in [6, 6.07) is 0.283. The largest absolute Gasteiger partial charge is 0.356 e. The highest BCUT2D eigenvalue weighted by Crippen LogP contribution is 2.49. The predicted molar refractivity (Wildman–Crippen MR) is 88.1 cm³/mol. The molecule has 3 atom stereocenters. The van der Waals surface area contributed by atoms with Gasteiger partial charge < -0.3 is 9.88 Å². The average Bonchev–Trinajstić information content (AvgIpc) is 3.14. The fourth-order valence-corrected chi connectivity index (χ4v) is 4.66. The fraction of sp³-hybridized carbons (Fsp3) is 0.812. The molecule has 0 saturated heterocycles. The first-order valence-electron chi connectivity index (χ1n) is 8.47. The molecule has 2 aliphatic rings. The molecule has 0 aromatic carbocycles. The Morgan fingerprint density at radius 3 is 2.91 bits per heavy atom. The van der Waals surface area contributed by atoms with Gasteiger partial charge in [0.1, 0.15) is 5.82 Å². The maximum Gasteiger partial charge on any atom is 0.220 e. The van der Waals surface area contributed by atoms with E-state index < -0.39 is 0 Å². The highest BCUT2D eigenvalue weighted by atomic mass is 32.1. The zero-order chi connectivity index (χ0) is 15.7. The topological polar surface area (TPSA) is 62.7 Å². The molecule has 3 rings (SSSR count). The minimum atomic E-state index is 0.197. The lowest BCUT2D eigenvalue weighted by atomic mass is 9.86. The Hall–Kier alpha value is -1.17. The molecule has 6 heteroatoms. The number of aromatic amines is 1. The second-order valence-electron chi connectivity index (χ2n) is 7.15. The highest BCUT2D eigenvalue weighted by Gasteiger charge is 2.39. The lowest BCUT2D eigenvalue weighted by Crippen LogP contribution is -2.29. The quantitative estimate of drug-likeness (QED) is 0.791. The number of aromatic nitrogens is 3. The average molecular weight is 322 g/mol. The van der Waals surface area contributed by atoms with Gasteiger partial charge in [-0.2, -0.15) is 5.10 Å². The van der Waals surface area contributed by atoms with Crippen molar-refractivity contribution in [2.24, 2.45) is 17.8 Å². The Morgan fingerprint density at radius 1 is 1.45 bits per heavy atom. The normalized spacial score (nSPS) is 26.8. The highest BCUT2D eigenvalue weighted by molar-refractivity contribution is 7.71. The van der Waals surface area contributed by atoms with Gasteiger partial charge in [-0.25, -0.2) is 0 Å². The van der Waals surface area contributed by atoms with Crippen molar-refractivity contribution in [2.45, 2.75) is 58.4 Å². The van der Waals surface area contributed by atoms with E-state index in [1.807, 2.05) is 4.57 Å². The molecule has 2 bridgehead atoms. The number of hydrogen-bond donors (Lipinski definition) is 2. The van der Waals surface area contributed by atoms with Crippen molar-refractivity contribution in [1.29, 1.82) is 0 Å². The van der Waals surface area contributed by atoms with Crippen LogP contribution in [-0.2, 0) is 11.2 Å². The lowest BCUT2D eigenvalue weighted by molar-refractivity contribution is -0.122. The van der Waals surface area contributed by atoms with Gasteiger partial charge in [-0.3, -0.25) is 9.89 Å². The van der Waals surface area contributed by atoms with Crippen LogP contribution in [0.4, 0.5) is 0 Å². The van der Waals surface area contributed by atoms with Gasteiger partial charge in [-0.05, 0) is 63.1 Å². The summed E-state index contributed by atoms with van der Waals surface area (Å²) in [5.41, 5.74) is 0. The molecule has 0 unspecified atom stereocenters. The third-order valence-corrected chi connectivity index (χ3v) is 5.58. The molecule has 1 heterocycles. The number of nitrogens with one attached hydrogen (secondary N) is 2. The Balaban J connectivity index is 1.45. The van der Waals surface area contributed by atoms with Crippen LogP contribution in [0.2, 0.25) is 0 Å². The number of rotatable bonds is 6. The molecule has 2 aliphatic carbocycles. The molecule has 2 saturated carbocycles. The van der Waals surface area contributed by atoms with Crippen LogP contribution in [0.1, 0.15) is 57.8 Å². The van der Waals surface area contributed by atoms with Gasteiger partial charge in [-0.1, -0.05) is 6.42 Å². The zero-order valence-corrected chi connectivity index (χ0v) is 14.3. The number of carbonyl (C=O) groups is 1. The fourth-order valence-electron chi connectivity index (χ4n) is 4.30. The van der Waals surface area contributed by atoms with Crippen LogP contribution in [0.5, 0.6) is 0 Å². The third kappa shape index (κ3) is 3.26. The first-order chi connectivity index (χ1) is 10.5. The zero-order valence-electron chi connectivity index (χ0n) is 13.5. The van der Waals surface area contributed by atoms with Crippen molar-refractivity contribution in [1.82, 2.24) is 20.1 Å². The van der Waals surface area contributed by atoms with Crippen LogP contribution >= 0.6 is 12.2 Å². The van der Waals surface area contributed by atoms with Gasteiger partial charge in [0.25, 0.3) is 0 Å². The summed E-state index contributed by atoms with van der Waals surface area (Å²) < 4.78 is 2.66. The molecule has 0 spiro atoms. The minimum Gasteiger partial charge on any atom is -0.356 e. The van der Waals surface area contributed by atoms with Crippen LogP contribution in [0.25, 0.3) is 0 Å². The number of H-pyrrole nitrogens is 1. The smallest absolute Gasteiger partial charge is 0.220 e. The van der Waals surface area contributed by atoms with Gasteiger partial charge in [0, 0.05) is 25.4 Å². The van der Waals surface area contributed by atoms with Crippen molar-refractivity contribution in [3.63, 3.8) is 0 Å². The monoisotopic (exact) mass is 322 g/mol. The van der Waals surface area contributed by atoms with Crippen molar-refractivity contribution < 1.29 is 4.79 Å². The number of nitrogens with zero attached hydrogens (tertiary/aromatic N) is 2. The van der Waals surface area contributed by atoms with Crippen molar-refractivity contribution in [3.05, 3.63) is 10.6 Å². The van der Waals surface area contributed by atoms with Gasteiger partial charge in [-0.15, -0.1) is 0 Å². The minimum absolute atomic E-state index is 0.197. The standard InChI is InChI=1S/C16H26N4OS/c1-10(2)20-14(18-19-16(20)22)5-6-17-15(21)9-13-8-11-3-4-12(13)7-11/h10-13H,3-9H2,1-2H3,(H,17,21)(H,19,22)/t11-,12-,13-/m0/s1. The molecule has 0 radical (unpaired) electrons. The lowest BCUT2D eigenvalue weighted by Gasteiger charge is -2.20. The van der Waals surface area contributed by atoms with E-state index in [0.29, 0.717) is 30.1 Å².